The van der Waals surface area contributed by atoms with Crippen molar-refractivity contribution in [1.29, 1.82) is 0 Å². The molecule has 0 bridgehead atoms. The molecule has 108 valence electrons. The molecule has 0 saturated carbocycles. The van der Waals surface area contributed by atoms with E-state index in [2.05, 4.69) is 15.0 Å². The molecule has 1 aliphatic rings. The molecule has 1 fully saturated rings. The van der Waals surface area contributed by atoms with Gasteiger partial charge in [0.1, 0.15) is 0 Å². The fourth-order valence-electron chi connectivity index (χ4n) is 2.63. The molecule has 0 aliphatic carbocycles. The van der Waals surface area contributed by atoms with Gasteiger partial charge in [0.15, 0.2) is 0 Å². The maximum absolute atomic E-state index is 11.4. The van der Waals surface area contributed by atoms with Crippen molar-refractivity contribution in [1.82, 2.24) is 19.5 Å². The molecule has 0 aromatic carbocycles. The summed E-state index contributed by atoms with van der Waals surface area (Å²) in [5.41, 5.74) is 0.997. The van der Waals surface area contributed by atoms with E-state index in [1.54, 1.807) is 18.3 Å². The highest BCUT2D eigenvalue weighted by Crippen LogP contribution is 2.26. The van der Waals surface area contributed by atoms with Crippen LogP contribution in [0.1, 0.15) is 25.5 Å². The summed E-state index contributed by atoms with van der Waals surface area (Å²) in [5.74, 6) is 0.145. The van der Waals surface area contributed by atoms with Gasteiger partial charge in [-0.2, -0.15) is 0 Å². The van der Waals surface area contributed by atoms with Gasteiger partial charge in [0.2, 0.25) is 16.0 Å². The van der Waals surface area contributed by atoms with Crippen molar-refractivity contribution in [3.05, 3.63) is 11.9 Å². The van der Waals surface area contributed by atoms with Crippen LogP contribution in [-0.2, 0) is 4.79 Å². The Labute approximate surface area is 122 Å². The van der Waals surface area contributed by atoms with E-state index in [1.807, 2.05) is 29.6 Å². The van der Waals surface area contributed by atoms with Crippen molar-refractivity contribution in [2.24, 2.45) is 0 Å². The van der Waals surface area contributed by atoms with Gasteiger partial charge >= 0.3 is 0 Å². The van der Waals surface area contributed by atoms with E-state index in [0.29, 0.717) is 6.04 Å². The van der Waals surface area contributed by atoms with Crippen LogP contribution in [0.5, 0.6) is 0 Å². The monoisotopic (exact) mass is 293 g/mol. The van der Waals surface area contributed by atoms with Crippen LogP contribution in [0.4, 0.5) is 5.13 Å². The third-order valence-corrected chi connectivity index (χ3v) is 4.92. The number of rotatable bonds is 2. The molecule has 7 heteroatoms. The summed E-state index contributed by atoms with van der Waals surface area (Å²) in [5, 5.41) is 5.60. The molecule has 0 spiro atoms. The standard InChI is InChI=1S/C13H19N5OS/c1-9-8-18-12(14-9)20-13(15-18)17-6-4-11(5-7-17)16(3)10(2)19/h8,11H,4-7H2,1-3H3. The SMILES string of the molecule is CC(=O)N(C)C1CCN(c2nn3cc(C)nc3s2)CC1. The lowest BCUT2D eigenvalue weighted by atomic mass is 10.0. The zero-order chi connectivity index (χ0) is 14.3. The van der Waals surface area contributed by atoms with Crippen molar-refractivity contribution in [2.75, 3.05) is 25.0 Å². The summed E-state index contributed by atoms with van der Waals surface area (Å²) in [6.45, 7) is 5.49. The predicted octanol–water partition coefficient (Wildman–Crippen LogP) is 1.55. The average molecular weight is 293 g/mol. The van der Waals surface area contributed by atoms with E-state index in [4.69, 9.17) is 0 Å². The Morgan fingerprint density at radius 2 is 2.15 bits per heavy atom. The number of imidazole rings is 1. The molecule has 0 atom stereocenters. The molecular weight excluding hydrogens is 274 g/mol. The van der Waals surface area contributed by atoms with Crippen LogP contribution in [0.25, 0.3) is 4.96 Å². The number of fused-ring (bicyclic) bond motifs is 1. The zero-order valence-electron chi connectivity index (χ0n) is 12.0. The fraction of sp³-hybridized carbons (Fsp3) is 0.615. The average Bonchev–Trinajstić information content (AvgIpc) is 2.95. The molecule has 2 aromatic rings. The topological polar surface area (TPSA) is 53.7 Å². The maximum atomic E-state index is 11.4. The number of nitrogens with zero attached hydrogens (tertiary/aromatic N) is 5. The molecular formula is C13H19N5OS. The van der Waals surface area contributed by atoms with Gasteiger partial charge in [-0.1, -0.05) is 11.3 Å². The highest BCUT2D eigenvalue weighted by molar-refractivity contribution is 7.20. The number of hydrogen-bond donors (Lipinski definition) is 0. The third kappa shape index (κ3) is 2.37. The number of amides is 1. The molecule has 0 radical (unpaired) electrons. The van der Waals surface area contributed by atoms with Crippen LogP contribution >= 0.6 is 11.3 Å². The molecule has 20 heavy (non-hydrogen) atoms. The van der Waals surface area contributed by atoms with E-state index >= 15 is 0 Å². The number of aryl methyl sites for hydroxylation is 1. The first kappa shape index (κ1) is 13.4. The van der Waals surface area contributed by atoms with Gasteiger partial charge in [-0.3, -0.25) is 4.79 Å². The first-order valence-corrected chi connectivity index (χ1v) is 7.67. The lowest BCUT2D eigenvalue weighted by Crippen LogP contribution is -2.45. The van der Waals surface area contributed by atoms with E-state index < -0.39 is 0 Å². The maximum Gasteiger partial charge on any atom is 0.219 e. The minimum absolute atomic E-state index is 0.145. The number of piperidine rings is 1. The predicted molar refractivity (Wildman–Crippen MR) is 79.3 cm³/mol. The van der Waals surface area contributed by atoms with E-state index in [1.165, 1.54) is 0 Å². The van der Waals surface area contributed by atoms with Gasteiger partial charge in [-0.15, -0.1) is 5.10 Å². The molecule has 3 heterocycles. The number of carbonyl (C=O) groups excluding carboxylic acids is 1. The first-order valence-electron chi connectivity index (χ1n) is 6.86. The number of aromatic nitrogens is 3. The molecule has 1 amide bonds. The minimum atomic E-state index is 0.145. The Kier molecular flexibility index (Phi) is 3.37. The van der Waals surface area contributed by atoms with Crippen molar-refractivity contribution < 1.29 is 4.79 Å². The van der Waals surface area contributed by atoms with Crippen LogP contribution in [-0.4, -0.2) is 51.6 Å². The Hall–Kier alpha value is -1.63. The largest absolute Gasteiger partial charge is 0.347 e. The van der Waals surface area contributed by atoms with Crippen molar-refractivity contribution >= 4 is 27.3 Å². The van der Waals surface area contributed by atoms with Gasteiger partial charge in [0, 0.05) is 33.1 Å². The first-order chi connectivity index (χ1) is 9.54. The Balaban J connectivity index is 1.68. The van der Waals surface area contributed by atoms with Crippen LogP contribution < -0.4 is 4.90 Å². The van der Waals surface area contributed by atoms with Gasteiger partial charge in [-0.25, -0.2) is 9.50 Å². The summed E-state index contributed by atoms with van der Waals surface area (Å²) in [4.78, 5) is 20.9. The van der Waals surface area contributed by atoms with Crippen LogP contribution in [0.15, 0.2) is 6.20 Å². The molecule has 2 aromatic heterocycles. The lowest BCUT2D eigenvalue weighted by Gasteiger charge is -2.36. The highest BCUT2D eigenvalue weighted by Gasteiger charge is 2.25. The second-order valence-corrected chi connectivity index (χ2v) is 6.28. The smallest absolute Gasteiger partial charge is 0.219 e. The quantitative estimate of drug-likeness (QED) is 0.843. The molecule has 0 unspecified atom stereocenters. The summed E-state index contributed by atoms with van der Waals surface area (Å²) < 4.78 is 1.85. The van der Waals surface area contributed by atoms with Crippen molar-refractivity contribution in [2.45, 2.75) is 32.7 Å². The normalized spacial score (nSPS) is 16.9. The van der Waals surface area contributed by atoms with Crippen molar-refractivity contribution in [3.8, 4) is 0 Å². The highest BCUT2D eigenvalue weighted by atomic mass is 32.1. The van der Waals surface area contributed by atoms with E-state index in [9.17, 15) is 4.79 Å². The van der Waals surface area contributed by atoms with Gasteiger partial charge in [-0.05, 0) is 19.8 Å². The van der Waals surface area contributed by atoms with Gasteiger partial charge in [0.25, 0.3) is 0 Å². The Morgan fingerprint density at radius 3 is 2.75 bits per heavy atom. The number of carbonyl (C=O) groups is 1. The van der Waals surface area contributed by atoms with E-state index in [-0.39, 0.29) is 5.91 Å². The van der Waals surface area contributed by atoms with Crippen LogP contribution in [0, 0.1) is 6.92 Å². The summed E-state index contributed by atoms with van der Waals surface area (Å²) in [6, 6.07) is 0.357. The zero-order valence-corrected chi connectivity index (χ0v) is 12.9. The number of hydrogen-bond acceptors (Lipinski definition) is 5. The summed E-state index contributed by atoms with van der Waals surface area (Å²) in [7, 11) is 1.89. The van der Waals surface area contributed by atoms with Gasteiger partial charge < -0.3 is 9.80 Å². The lowest BCUT2D eigenvalue weighted by molar-refractivity contribution is -0.129. The van der Waals surface area contributed by atoms with Crippen LogP contribution in [0.2, 0.25) is 0 Å². The molecule has 6 nitrogen and oxygen atoms in total. The number of anilines is 1. The summed E-state index contributed by atoms with van der Waals surface area (Å²) in [6.07, 6.45) is 3.94. The molecule has 0 N–H and O–H groups in total. The van der Waals surface area contributed by atoms with Crippen LogP contribution in [0.3, 0.4) is 0 Å². The van der Waals surface area contributed by atoms with Gasteiger partial charge in [0.05, 0.1) is 11.9 Å². The van der Waals surface area contributed by atoms with E-state index in [0.717, 1.165) is 41.7 Å². The van der Waals surface area contributed by atoms with Crippen molar-refractivity contribution in [3.63, 3.8) is 0 Å². The molecule has 3 rings (SSSR count). The Morgan fingerprint density at radius 1 is 1.45 bits per heavy atom. The molecule has 1 aliphatic heterocycles. The Bertz CT molecular complexity index is 594. The second-order valence-electron chi connectivity index (χ2n) is 5.34. The second kappa shape index (κ2) is 5.05. The third-order valence-electron chi connectivity index (χ3n) is 3.93. The fourth-order valence-corrected chi connectivity index (χ4v) is 3.61. The molecule has 1 saturated heterocycles. The minimum Gasteiger partial charge on any atom is -0.347 e. The summed E-state index contributed by atoms with van der Waals surface area (Å²) >= 11 is 1.63.